The molecule has 0 saturated heterocycles. The van der Waals surface area contributed by atoms with Gasteiger partial charge in [0.25, 0.3) is 5.50 Å². The van der Waals surface area contributed by atoms with Gasteiger partial charge in [-0.05, 0) is 19.1 Å². The van der Waals surface area contributed by atoms with E-state index in [4.69, 9.17) is 0 Å². The maximum atomic E-state index is 13.1. The summed E-state index contributed by atoms with van der Waals surface area (Å²) < 4.78 is 35.8. The highest BCUT2D eigenvalue weighted by Gasteiger charge is 2.30. The number of Topliss-reactive ketones (excluding diaryl/α,β-unsaturated/α-hetero) is 1. The molecule has 0 amide bonds. The highest BCUT2D eigenvalue weighted by atomic mass is 32.2. The van der Waals surface area contributed by atoms with Gasteiger partial charge < -0.3 is 0 Å². The first-order chi connectivity index (χ1) is 6.46. The molecule has 1 atom stereocenters. The van der Waals surface area contributed by atoms with E-state index in [1.807, 2.05) is 0 Å². The summed E-state index contributed by atoms with van der Waals surface area (Å²) in [4.78, 5) is 10.4. The molecule has 14 heavy (non-hydrogen) atoms. The lowest BCUT2D eigenvalue weighted by Crippen LogP contribution is -2.23. The number of hydrogen-bond donors (Lipinski definition) is 0. The van der Waals surface area contributed by atoms with E-state index in [2.05, 4.69) is 0 Å². The summed E-state index contributed by atoms with van der Waals surface area (Å²) in [5.74, 6) is -1.01. The first-order valence-corrected chi connectivity index (χ1v) is 5.44. The van der Waals surface area contributed by atoms with Gasteiger partial charge in [-0.2, -0.15) is 0 Å². The van der Waals surface area contributed by atoms with Crippen LogP contribution in [-0.2, 0) is 14.6 Å². The van der Waals surface area contributed by atoms with Gasteiger partial charge in [-0.1, -0.05) is 18.2 Å². The van der Waals surface area contributed by atoms with E-state index < -0.39 is 21.1 Å². The molecule has 0 bridgehead atoms. The van der Waals surface area contributed by atoms with Crippen LogP contribution < -0.4 is 0 Å². The SMILES string of the molecule is CC(=O)C(F)S(=O)(=O)c1ccccc1. The monoisotopic (exact) mass is 216 g/mol. The molecular weight excluding hydrogens is 207 g/mol. The normalized spacial score (nSPS) is 13.6. The van der Waals surface area contributed by atoms with Crippen LogP contribution in [0.3, 0.4) is 0 Å². The first kappa shape index (κ1) is 10.8. The Morgan fingerprint density at radius 2 is 1.79 bits per heavy atom. The van der Waals surface area contributed by atoms with Crippen molar-refractivity contribution in [3.8, 4) is 0 Å². The Hall–Kier alpha value is -1.23. The Morgan fingerprint density at radius 1 is 1.29 bits per heavy atom. The van der Waals surface area contributed by atoms with Gasteiger partial charge in [0.1, 0.15) is 0 Å². The lowest BCUT2D eigenvalue weighted by molar-refractivity contribution is -0.119. The van der Waals surface area contributed by atoms with Gasteiger partial charge >= 0.3 is 0 Å². The average Bonchev–Trinajstić information content (AvgIpc) is 2.18. The van der Waals surface area contributed by atoms with Crippen molar-refractivity contribution < 1.29 is 17.6 Å². The fourth-order valence-corrected chi connectivity index (χ4v) is 2.16. The van der Waals surface area contributed by atoms with Crippen LogP contribution in [0.15, 0.2) is 35.2 Å². The average molecular weight is 216 g/mol. The van der Waals surface area contributed by atoms with Crippen molar-refractivity contribution in [2.75, 3.05) is 0 Å². The zero-order valence-corrected chi connectivity index (χ0v) is 8.29. The number of carbonyl (C=O) groups excluding carboxylic acids is 1. The van der Waals surface area contributed by atoms with Gasteiger partial charge in [-0.3, -0.25) is 4.79 Å². The molecule has 1 unspecified atom stereocenters. The van der Waals surface area contributed by atoms with E-state index in [0.29, 0.717) is 0 Å². The van der Waals surface area contributed by atoms with Crippen LogP contribution in [0.5, 0.6) is 0 Å². The lowest BCUT2D eigenvalue weighted by Gasteiger charge is -2.05. The second kappa shape index (κ2) is 3.88. The topological polar surface area (TPSA) is 51.2 Å². The van der Waals surface area contributed by atoms with Crippen molar-refractivity contribution in [3.63, 3.8) is 0 Å². The Kier molecular flexibility index (Phi) is 3.00. The molecular formula is C9H9FO3S. The molecule has 0 heterocycles. The van der Waals surface area contributed by atoms with E-state index in [9.17, 15) is 17.6 Å². The minimum Gasteiger partial charge on any atom is -0.296 e. The summed E-state index contributed by atoms with van der Waals surface area (Å²) >= 11 is 0. The van der Waals surface area contributed by atoms with Gasteiger partial charge in [0.2, 0.25) is 9.84 Å². The Balaban J connectivity index is 3.16. The molecule has 0 aromatic heterocycles. The molecule has 0 saturated carbocycles. The Morgan fingerprint density at radius 3 is 2.21 bits per heavy atom. The number of ketones is 1. The molecule has 76 valence electrons. The van der Waals surface area contributed by atoms with Crippen LogP contribution in [0.4, 0.5) is 4.39 Å². The van der Waals surface area contributed by atoms with Crippen molar-refractivity contribution >= 4 is 15.6 Å². The molecule has 0 fully saturated rings. The lowest BCUT2D eigenvalue weighted by atomic mass is 10.4. The summed E-state index contributed by atoms with van der Waals surface area (Å²) in [6, 6.07) is 7.06. The van der Waals surface area contributed by atoms with Crippen LogP contribution in [-0.4, -0.2) is 19.7 Å². The maximum Gasteiger partial charge on any atom is 0.262 e. The summed E-state index contributed by atoms with van der Waals surface area (Å²) in [6.07, 6.45) is 0. The van der Waals surface area contributed by atoms with Crippen molar-refractivity contribution in [1.82, 2.24) is 0 Å². The number of halogens is 1. The zero-order chi connectivity index (χ0) is 10.8. The predicted octanol–water partition coefficient (Wildman–Crippen LogP) is 1.34. The zero-order valence-electron chi connectivity index (χ0n) is 7.48. The molecule has 3 nitrogen and oxygen atoms in total. The third-order valence-corrected chi connectivity index (χ3v) is 3.47. The van der Waals surface area contributed by atoms with E-state index in [-0.39, 0.29) is 4.90 Å². The minimum atomic E-state index is -4.15. The van der Waals surface area contributed by atoms with Gasteiger partial charge in [0.15, 0.2) is 5.78 Å². The molecule has 1 aromatic carbocycles. The molecule has 0 radical (unpaired) electrons. The minimum absolute atomic E-state index is 0.178. The Labute approximate surface area is 81.5 Å². The number of hydrogen-bond acceptors (Lipinski definition) is 3. The predicted molar refractivity (Wildman–Crippen MR) is 49.2 cm³/mol. The van der Waals surface area contributed by atoms with E-state index >= 15 is 0 Å². The van der Waals surface area contributed by atoms with Crippen LogP contribution in [0.25, 0.3) is 0 Å². The number of rotatable bonds is 3. The summed E-state index contributed by atoms with van der Waals surface area (Å²) in [5, 5.41) is 0. The van der Waals surface area contributed by atoms with Crippen molar-refractivity contribution in [2.45, 2.75) is 17.3 Å². The van der Waals surface area contributed by atoms with Gasteiger partial charge in [0.05, 0.1) is 4.90 Å². The number of benzene rings is 1. The molecule has 0 N–H and O–H groups in total. The number of sulfone groups is 1. The van der Waals surface area contributed by atoms with E-state index in [1.165, 1.54) is 24.3 Å². The Bertz CT molecular complexity index is 425. The van der Waals surface area contributed by atoms with Crippen LogP contribution in [0.2, 0.25) is 0 Å². The molecule has 1 rings (SSSR count). The van der Waals surface area contributed by atoms with Crippen molar-refractivity contribution in [1.29, 1.82) is 0 Å². The molecule has 1 aromatic rings. The molecule has 0 aliphatic rings. The van der Waals surface area contributed by atoms with Gasteiger partial charge in [-0.25, -0.2) is 12.8 Å². The first-order valence-electron chi connectivity index (χ1n) is 3.89. The van der Waals surface area contributed by atoms with E-state index in [0.717, 1.165) is 6.92 Å². The number of carbonyl (C=O) groups is 1. The summed E-state index contributed by atoms with van der Waals surface area (Å²) in [6.45, 7) is 0.908. The quantitative estimate of drug-likeness (QED) is 0.766. The fourth-order valence-electron chi connectivity index (χ4n) is 0.948. The van der Waals surface area contributed by atoms with Crippen LogP contribution >= 0.6 is 0 Å². The molecule has 0 aliphatic carbocycles. The molecule has 5 heteroatoms. The third-order valence-electron chi connectivity index (χ3n) is 1.66. The largest absolute Gasteiger partial charge is 0.296 e. The number of alkyl halides is 1. The van der Waals surface area contributed by atoms with Crippen LogP contribution in [0.1, 0.15) is 6.92 Å². The maximum absolute atomic E-state index is 13.1. The van der Waals surface area contributed by atoms with E-state index in [1.54, 1.807) is 6.07 Å². The highest BCUT2D eigenvalue weighted by Crippen LogP contribution is 2.16. The van der Waals surface area contributed by atoms with Crippen molar-refractivity contribution in [3.05, 3.63) is 30.3 Å². The summed E-state index contributed by atoms with van der Waals surface area (Å²) in [5.41, 5.74) is -2.47. The molecule has 0 spiro atoms. The molecule has 0 aliphatic heterocycles. The second-order valence-corrected chi connectivity index (χ2v) is 4.76. The van der Waals surface area contributed by atoms with Gasteiger partial charge in [-0.15, -0.1) is 0 Å². The smallest absolute Gasteiger partial charge is 0.262 e. The second-order valence-electron chi connectivity index (χ2n) is 2.78. The van der Waals surface area contributed by atoms with Crippen molar-refractivity contribution in [2.24, 2.45) is 0 Å². The van der Waals surface area contributed by atoms with Crippen LogP contribution in [0, 0.1) is 0 Å². The third kappa shape index (κ3) is 1.98. The fraction of sp³-hybridized carbons (Fsp3) is 0.222. The summed E-state index contributed by atoms with van der Waals surface area (Å²) in [7, 11) is -4.15. The van der Waals surface area contributed by atoms with Gasteiger partial charge in [0, 0.05) is 0 Å². The highest BCUT2D eigenvalue weighted by molar-refractivity contribution is 7.92. The standard InChI is InChI=1S/C9H9FO3S/c1-7(11)9(10)14(12,13)8-5-3-2-4-6-8/h2-6,9H,1H3.